The Morgan fingerprint density at radius 1 is 1.60 bits per heavy atom. The molecule has 0 aliphatic heterocycles. The summed E-state index contributed by atoms with van der Waals surface area (Å²) in [4.78, 5) is 5.72. The van der Waals surface area contributed by atoms with Crippen molar-refractivity contribution in [1.82, 2.24) is 4.98 Å². The van der Waals surface area contributed by atoms with Crippen molar-refractivity contribution in [3.8, 4) is 0 Å². The van der Waals surface area contributed by atoms with Crippen molar-refractivity contribution >= 4 is 11.3 Å². The molecule has 0 unspecified atom stereocenters. The van der Waals surface area contributed by atoms with Crippen LogP contribution in [0.2, 0.25) is 0 Å². The summed E-state index contributed by atoms with van der Waals surface area (Å²) in [6.45, 7) is 6.58. The molecule has 0 amide bonds. The molecule has 0 spiro atoms. The monoisotopic (exact) mass is 155 g/mol. The van der Waals surface area contributed by atoms with E-state index >= 15 is 0 Å². The third kappa shape index (κ3) is 1.37. The van der Waals surface area contributed by atoms with Gasteiger partial charge < -0.3 is 0 Å². The van der Waals surface area contributed by atoms with Gasteiger partial charge in [0, 0.05) is 4.88 Å². The first-order chi connectivity index (χ1) is 4.75. The molecule has 0 saturated carbocycles. The smallest absolute Gasteiger partial charge is 0.0797 e. The quantitative estimate of drug-likeness (QED) is 0.640. The van der Waals surface area contributed by atoms with E-state index in [1.807, 2.05) is 5.51 Å². The standard InChI is InChI=1S/C8H13NS/c1-4-7-8(6(2)3)10-5-9-7/h5-6H,4H2,1-3H3. The lowest BCUT2D eigenvalue weighted by Gasteiger charge is -2.01. The van der Waals surface area contributed by atoms with Gasteiger partial charge in [0.1, 0.15) is 0 Å². The van der Waals surface area contributed by atoms with Crippen LogP contribution >= 0.6 is 11.3 Å². The largest absolute Gasteiger partial charge is 0.249 e. The first-order valence-corrected chi connectivity index (χ1v) is 4.56. The molecule has 0 aliphatic rings. The van der Waals surface area contributed by atoms with Gasteiger partial charge in [-0.3, -0.25) is 0 Å². The SMILES string of the molecule is CCc1ncsc1C(C)C. The fraction of sp³-hybridized carbons (Fsp3) is 0.625. The van der Waals surface area contributed by atoms with Gasteiger partial charge in [0.15, 0.2) is 0 Å². The van der Waals surface area contributed by atoms with Crippen LogP contribution in [-0.4, -0.2) is 4.98 Å². The molecule has 0 aliphatic carbocycles. The Labute approximate surface area is 66.1 Å². The predicted molar refractivity (Wildman–Crippen MR) is 45.6 cm³/mol. The van der Waals surface area contributed by atoms with Crippen molar-refractivity contribution in [2.45, 2.75) is 33.1 Å². The molecular formula is C8H13NS. The summed E-state index contributed by atoms with van der Waals surface area (Å²) >= 11 is 1.77. The molecule has 0 atom stereocenters. The number of thiazole rings is 1. The summed E-state index contributed by atoms with van der Waals surface area (Å²) in [6, 6.07) is 0. The summed E-state index contributed by atoms with van der Waals surface area (Å²) in [7, 11) is 0. The van der Waals surface area contributed by atoms with E-state index in [0.717, 1.165) is 6.42 Å². The molecule has 2 heteroatoms. The summed E-state index contributed by atoms with van der Waals surface area (Å²) in [5, 5.41) is 0. The molecule has 1 nitrogen and oxygen atoms in total. The van der Waals surface area contributed by atoms with E-state index in [-0.39, 0.29) is 0 Å². The number of hydrogen-bond acceptors (Lipinski definition) is 2. The fourth-order valence-electron chi connectivity index (χ4n) is 1.01. The number of aryl methyl sites for hydroxylation is 1. The molecule has 0 bridgehead atoms. The van der Waals surface area contributed by atoms with Crippen LogP contribution in [0.3, 0.4) is 0 Å². The van der Waals surface area contributed by atoms with E-state index in [4.69, 9.17) is 0 Å². The lowest BCUT2D eigenvalue weighted by Crippen LogP contribution is -1.89. The maximum absolute atomic E-state index is 4.27. The second kappa shape index (κ2) is 3.15. The zero-order valence-corrected chi connectivity index (χ0v) is 7.53. The second-order valence-corrected chi connectivity index (χ2v) is 3.56. The lowest BCUT2D eigenvalue weighted by atomic mass is 10.1. The highest BCUT2D eigenvalue weighted by molar-refractivity contribution is 7.09. The maximum Gasteiger partial charge on any atom is 0.0797 e. The van der Waals surface area contributed by atoms with E-state index in [0.29, 0.717) is 5.92 Å². The van der Waals surface area contributed by atoms with Crippen LogP contribution in [0.5, 0.6) is 0 Å². The minimum atomic E-state index is 0.641. The zero-order valence-electron chi connectivity index (χ0n) is 6.72. The van der Waals surface area contributed by atoms with E-state index in [9.17, 15) is 0 Å². The van der Waals surface area contributed by atoms with Crippen LogP contribution in [0.1, 0.15) is 37.3 Å². The first kappa shape index (κ1) is 7.73. The summed E-state index contributed by atoms with van der Waals surface area (Å²) in [6.07, 6.45) is 1.07. The molecule has 1 heterocycles. The molecule has 1 rings (SSSR count). The molecule has 0 fully saturated rings. The first-order valence-electron chi connectivity index (χ1n) is 3.68. The van der Waals surface area contributed by atoms with Crippen LogP contribution in [0.15, 0.2) is 5.51 Å². The van der Waals surface area contributed by atoms with Crippen molar-refractivity contribution in [1.29, 1.82) is 0 Å². The minimum Gasteiger partial charge on any atom is -0.249 e. The van der Waals surface area contributed by atoms with Crippen molar-refractivity contribution in [3.63, 3.8) is 0 Å². The highest BCUT2D eigenvalue weighted by Gasteiger charge is 2.06. The fourth-order valence-corrected chi connectivity index (χ4v) is 1.91. The third-order valence-corrected chi connectivity index (χ3v) is 2.70. The van der Waals surface area contributed by atoms with Crippen LogP contribution < -0.4 is 0 Å². The Bertz CT molecular complexity index is 203. The van der Waals surface area contributed by atoms with Crippen LogP contribution in [0.4, 0.5) is 0 Å². The number of nitrogens with zero attached hydrogens (tertiary/aromatic N) is 1. The molecule has 56 valence electrons. The van der Waals surface area contributed by atoms with Crippen molar-refractivity contribution < 1.29 is 0 Å². The van der Waals surface area contributed by atoms with Gasteiger partial charge in [0.2, 0.25) is 0 Å². The van der Waals surface area contributed by atoms with Gasteiger partial charge in [0.25, 0.3) is 0 Å². The Morgan fingerprint density at radius 3 is 2.70 bits per heavy atom. The average Bonchev–Trinajstić information content (AvgIpc) is 2.33. The average molecular weight is 155 g/mol. The Morgan fingerprint density at radius 2 is 2.30 bits per heavy atom. The number of aromatic nitrogens is 1. The van der Waals surface area contributed by atoms with Gasteiger partial charge in [-0.05, 0) is 12.3 Å². The second-order valence-electron chi connectivity index (χ2n) is 2.67. The summed E-state index contributed by atoms with van der Waals surface area (Å²) in [5.74, 6) is 0.641. The van der Waals surface area contributed by atoms with Gasteiger partial charge in [-0.1, -0.05) is 20.8 Å². The topological polar surface area (TPSA) is 12.9 Å². The Hall–Kier alpha value is -0.370. The van der Waals surface area contributed by atoms with Gasteiger partial charge in [-0.25, -0.2) is 4.98 Å². The number of hydrogen-bond donors (Lipinski definition) is 0. The van der Waals surface area contributed by atoms with Crippen LogP contribution in [0.25, 0.3) is 0 Å². The molecule has 1 aromatic heterocycles. The minimum absolute atomic E-state index is 0.641. The number of rotatable bonds is 2. The highest BCUT2D eigenvalue weighted by atomic mass is 32.1. The molecule has 0 aromatic carbocycles. The molecular weight excluding hydrogens is 142 g/mol. The van der Waals surface area contributed by atoms with Crippen LogP contribution in [-0.2, 0) is 6.42 Å². The third-order valence-electron chi connectivity index (χ3n) is 1.53. The van der Waals surface area contributed by atoms with E-state index in [2.05, 4.69) is 25.8 Å². The van der Waals surface area contributed by atoms with Gasteiger partial charge in [0.05, 0.1) is 11.2 Å². The van der Waals surface area contributed by atoms with E-state index in [1.54, 1.807) is 11.3 Å². The van der Waals surface area contributed by atoms with Gasteiger partial charge in [-0.15, -0.1) is 11.3 Å². The Kier molecular flexibility index (Phi) is 2.44. The summed E-state index contributed by atoms with van der Waals surface area (Å²) < 4.78 is 0. The van der Waals surface area contributed by atoms with Gasteiger partial charge in [-0.2, -0.15) is 0 Å². The molecule has 0 saturated heterocycles. The molecule has 10 heavy (non-hydrogen) atoms. The van der Waals surface area contributed by atoms with Crippen molar-refractivity contribution in [3.05, 3.63) is 16.1 Å². The normalized spacial score (nSPS) is 10.8. The molecule has 0 radical (unpaired) electrons. The van der Waals surface area contributed by atoms with Crippen LogP contribution in [0, 0.1) is 0 Å². The van der Waals surface area contributed by atoms with Crippen molar-refractivity contribution in [2.75, 3.05) is 0 Å². The van der Waals surface area contributed by atoms with E-state index in [1.165, 1.54) is 10.6 Å². The zero-order chi connectivity index (χ0) is 7.56. The molecule has 0 N–H and O–H groups in total. The molecule has 1 aromatic rings. The van der Waals surface area contributed by atoms with Gasteiger partial charge >= 0.3 is 0 Å². The predicted octanol–water partition coefficient (Wildman–Crippen LogP) is 2.83. The summed E-state index contributed by atoms with van der Waals surface area (Å²) in [5.41, 5.74) is 3.22. The van der Waals surface area contributed by atoms with E-state index < -0.39 is 0 Å². The lowest BCUT2D eigenvalue weighted by molar-refractivity contribution is 0.856. The maximum atomic E-state index is 4.27. The Balaban J connectivity index is 2.90. The van der Waals surface area contributed by atoms with Crippen molar-refractivity contribution in [2.24, 2.45) is 0 Å². The highest BCUT2D eigenvalue weighted by Crippen LogP contribution is 2.23.